The summed E-state index contributed by atoms with van der Waals surface area (Å²) in [6.07, 6.45) is 14.0. The van der Waals surface area contributed by atoms with Gasteiger partial charge in [0.25, 0.3) is 0 Å². The topological polar surface area (TPSA) is 32.3 Å². The standard InChI is InChI=1S/C17H33NO/c1-15-7-6-8-16(13-15)9-12-18-14-17(19)10-4-2-3-5-11-17/h15-16,18-19H,2-14H2,1H3. The number of rotatable bonds is 5. The van der Waals surface area contributed by atoms with Crippen LogP contribution in [0.3, 0.4) is 0 Å². The van der Waals surface area contributed by atoms with E-state index in [0.29, 0.717) is 0 Å². The van der Waals surface area contributed by atoms with E-state index in [1.165, 1.54) is 57.8 Å². The molecule has 0 bridgehead atoms. The maximum atomic E-state index is 10.6. The Kier molecular flexibility index (Phi) is 6.15. The van der Waals surface area contributed by atoms with Gasteiger partial charge >= 0.3 is 0 Å². The Morgan fingerprint density at radius 3 is 2.47 bits per heavy atom. The molecule has 0 saturated heterocycles. The highest BCUT2D eigenvalue weighted by Gasteiger charge is 2.27. The van der Waals surface area contributed by atoms with Crippen LogP contribution >= 0.6 is 0 Å². The monoisotopic (exact) mass is 267 g/mol. The van der Waals surface area contributed by atoms with Crippen molar-refractivity contribution in [3.05, 3.63) is 0 Å². The first-order valence-corrected chi connectivity index (χ1v) is 8.61. The summed E-state index contributed by atoms with van der Waals surface area (Å²) in [5, 5.41) is 14.1. The van der Waals surface area contributed by atoms with Crippen molar-refractivity contribution in [3.8, 4) is 0 Å². The predicted molar refractivity (Wildman–Crippen MR) is 81.3 cm³/mol. The Hall–Kier alpha value is -0.0800. The molecule has 2 unspecified atom stereocenters. The van der Waals surface area contributed by atoms with Crippen molar-refractivity contribution >= 4 is 0 Å². The summed E-state index contributed by atoms with van der Waals surface area (Å²) in [4.78, 5) is 0. The molecule has 19 heavy (non-hydrogen) atoms. The zero-order chi connectivity index (χ0) is 13.6. The summed E-state index contributed by atoms with van der Waals surface area (Å²) in [6, 6.07) is 0. The van der Waals surface area contributed by atoms with E-state index in [9.17, 15) is 5.11 Å². The van der Waals surface area contributed by atoms with Gasteiger partial charge in [0.2, 0.25) is 0 Å². The van der Waals surface area contributed by atoms with Crippen LogP contribution in [0.25, 0.3) is 0 Å². The Morgan fingerprint density at radius 1 is 1.05 bits per heavy atom. The molecule has 0 aliphatic heterocycles. The van der Waals surface area contributed by atoms with Gasteiger partial charge in [-0.3, -0.25) is 0 Å². The van der Waals surface area contributed by atoms with Crippen LogP contribution < -0.4 is 5.32 Å². The van der Waals surface area contributed by atoms with Crippen LogP contribution in [0.5, 0.6) is 0 Å². The maximum Gasteiger partial charge on any atom is 0.0771 e. The molecule has 0 amide bonds. The molecule has 0 aromatic heterocycles. The van der Waals surface area contributed by atoms with E-state index in [4.69, 9.17) is 0 Å². The van der Waals surface area contributed by atoms with Crippen LogP contribution in [0.15, 0.2) is 0 Å². The lowest BCUT2D eigenvalue weighted by Gasteiger charge is -2.29. The number of hydrogen-bond donors (Lipinski definition) is 2. The molecule has 0 spiro atoms. The molecule has 2 fully saturated rings. The molecule has 2 aliphatic rings. The molecule has 2 rings (SSSR count). The summed E-state index contributed by atoms with van der Waals surface area (Å²) in [6.45, 7) is 4.31. The van der Waals surface area contributed by atoms with Crippen molar-refractivity contribution < 1.29 is 5.11 Å². The van der Waals surface area contributed by atoms with Gasteiger partial charge in [0.15, 0.2) is 0 Å². The molecule has 2 saturated carbocycles. The van der Waals surface area contributed by atoms with Crippen molar-refractivity contribution in [2.45, 2.75) is 83.2 Å². The van der Waals surface area contributed by atoms with Gasteiger partial charge in [0.1, 0.15) is 0 Å². The van der Waals surface area contributed by atoms with E-state index < -0.39 is 5.60 Å². The Bertz CT molecular complexity index is 246. The minimum Gasteiger partial charge on any atom is -0.389 e. The van der Waals surface area contributed by atoms with Gasteiger partial charge in [-0.2, -0.15) is 0 Å². The lowest BCUT2D eigenvalue weighted by atomic mass is 9.81. The molecule has 2 N–H and O–H groups in total. The zero-order valence-corrected chi connectivity index (χ0v) is 12.8. The average Bonchev–Trinajstić information content (AvgIpc) is 2.60. The largest absolute Gasteiger partial charge is 0.389 e. The average molecular weight is 267 g/mol. The zero-order valence-electron chi connectivity index (χ0n) is 12.8. The summed E-state index contributed by atoms with van der Waals surface area (Å²) < 4.78 is 0. The van der Waals surface area contributed by atoms with Gasteiger partial charge in [0.05, 0.1) is 5.60 Å². The van der Waals surface area contributed by atoms with E-state index in [-0.39, 0.29) is 0 Å². The van der Waals surface area contributed by atoms with Crippen LogP contribution in [0.1, 0.15) is 77.6 Å². The fourth-order valence-electron chi connectivity index (χ4n) is 4.01. The van der Waals surface area contributed by atoms with Gasteiger partial charge in [-0.15, -0.1) is 0 Å². The summed E-state index contributed by atoms with van der Waals surface area (Å²) in [5.41, 5.74) is -0.406. The number of hydrogen-bond acceptors (Lipinski definition) is 2. The van der Waals surface area contributed by atoms with Crippen molar-refractivity contribution in [1.29, 1.82) is 0 Å². The molecular formula is C17H33NO. The highest BCUT2D eigenvalue weighted by atomic mass is 16.3. The molecule has 2 atom stereocenters. The van der Waals surface area contributed by atoms with Gasteiger partial charge in [0, 0.05) is 6.54 Å². The van der Waals surface area contributed by atoms with Gasteiger partial charge < -0.3 is 10.4 Å². The first-order chi connectivity index (χ1) is 9.18. The highest BCUT2D eigenvalue weighted by molar-refractivity contribution is 4.83. The molecule has 0 aromatic rings. The third-order valence-corrected chi connectivity index (χ3v) is 5.26. The summed E-state index contributed by atoms with van der Waals surface area (Å²) in [7, 11) is 0. The molecule has 2 heteroatoms. The second-order valence-corrected chi connectivity index (χ2v) is 7.24. The summed E-state index contributed by atoms with van der Waals surface area (Å²) in [5.74, 6) is 1.87. The Balaban J connectivity index is 1.60. The first-order valence-electron chi connectivity index (χ1n) is 8.61. The van der Waals surface area contributed by atoms with Crippen LogP contribution in [0.4, 0.5) is 0 Å². The SMILES string of the molecule is CC1CCCC(CCNCC2(O)CCCCCC2)C1. The van der Waals surface area contributed by atoms with E-state index in [0.717, 1.165) is 37.8 Å². The van der Waals surface area contributed by atoms with Crippen LogP contribution in [0, 0.1) is 11.8 Å². The maximum absolute atomic E-state index is 10.6. The lowest BCUT2D eigenvalue weighted by Crippen LogP contribution is -2.40. The molecule has 0 radical (unpaired) electrons. The predicted octanol–water partition coefficient (Wildman–Crippen LogP) is 3.88. The minimum absolute atomic E-state index is 0.406. The minimum atomic E-state index is -0.406. The Morgan fingerprint density at radius 2 is 1.79 bits per heavy atom. The third-order valence-electron chi connectivity index (χ3n) is 5.26. The van der Waals surface area contributed by atoms with E-state index in [1.807, 2.05) is 0 Å². The quantitative estimate of drug-likeness (QED) is 0.585. The van der Waals surface area contributed by atoms with Crippen LogP contribution in [0.2, 0.25) is 0 Å². The third kappa shape index (κ3) is 5.43. The van der Waals surface area contributed by atoms with Gasteiger partial charge in [-0.05, 0) is 44.1 Å². The Labute approximate surface area is 119 Å². The van der Waals surface area contributed by atoms with E-state index in [2.05, 4.69) is 12.2 Å². The molecule has 0 heterocycles. The number of nitrogens with one attached hydrogen (secondary N) is 1. The lowest BCUT2D eigenvalue weighted by molar-refractivity contribution is 0.0250. The second kappa shape index (κ2) is 7.64. The second-order valence-electron chi connectivity index (χ2n) is 7.24. The summed E-state index contributed by atoms with van der Waals surface area (Å²) >= 11 is 0. The first kappa shape index (κ1) is 15.3. The molecule has 2 nitrogen and oxygen atoms in total. The van der Waals surface area contributed by atoms with Crippen molar-refractivity contribution in [2.75, 3.05) is 13.1 Å². The van der Waals surface area contributed by atoms with Crippen molar-refractivity contribution in [2.24, 2.45) is 11.8 Å². The fraction of sp³-hybridized carbons (Fsp3) is 1.00. The number of aliphatic hydroxyl groups is 1. The fourth-order valence-corrected chi connectivity index (χ4v) is 4.01. The van der Waals surface area contributed by atoms with Gasteiger partial charge in [-0.25, -0.2) is 0 Å². The smallest absolute Gasteiger partial charge is 0.0771 e. The highest BCUT2D eigenvalue weighted by Crippen LogP contribution is 2.30. The van der Waals surface area contributed by atoms with Crippen LogP contribution in [-0.2, 0) is 0 Å². The van der Waals surface area contributed by atoms with Crippen molar-refractivity contribution in [1.82, 2.24) is 5.32 Å². The molecule has 0 aromatic carbocycles. The molecular weight excluding hydrogens is 234 g/mol. The molecule has 112 valence electrons. The normalized spacial score (nSPS) is 31.9. The van der Waals surface area contributed by atoms with Gasteiger partial charge in [-0.1, -0.05) is 51.9 Å². The van der Waals surface area contributed by atoms with E-state index in [1.54, 1.807) is 0 Å². The van der Waals surface area contributed by atoms with E-state index >= 15 is 0 Å². The molecule has 2 aliphatic carbocycles. The van der Waals surface area contributed by atoms with Crippen LogP contribution in [-0.4, -0.2) is 23.8 Å². The van der Waals surface area contributed by atoms with Crippen molar-refractivity contribution in [3.63, 3.8) is 0 Å².